The molecular formula is C33H50ClN5O5. The number of imidazole rings is 1. The van der Waals surface area contributed by atoms with Crippen LogP contribution in [0.3, 0.4) is 0 Å². The number of rotatable bonds is 11. The van der Waals surface area contributed by atoms with Gasteiger partial charge >= 0.3 is 11.9 Å². The topological polar surface area (TPSA) is 131 Å². The van der Waals surface area contributed by atoms with Crippen molar-refractivity contribution in [1.29, 1.82) is 0 Å². The van der Waals surface area contributed by atoms with Crippen LogP contribution in [0.1, 0.15) is 123 Å². The minimum absolute atomic E-state index is 0.00865. The van der Waals surface area contributed by atoms with E-state index in [1.807, 2.05) is 6.92 Å². The van der Waals surface area contributed by atoms with Crippen LogP contribution in [0.2, 0.25) is 5.28 Å². The van der Waals surface area contributed by atoms with E-state index in [4.69, 9.17) is 31.5 Å². The number of nitrogens with two attached hydrogens (primary N) is 1. The second-order valence-electron chi connectivity index (χ2n) is 13.3. The number of hydrogen-bond donors (Lipinski definition) is 1. The van der Waals surface area contributed by atoms with Gasteiger partial charge in [0.1, 0.15) is 17.8 Å². The molecule has 2 aliphatic carbocycles. The number of ether oxygens (including phenoxy) is 3. The lowest BCUT2D eigenvalue weighted by Crippen LogP contribution is -2.50. The Morgan fingerprint density at radius 3 is 2.07 bits per heavy atom. The molecule has 2 aromatic rings. The number of halogens is 1. The molecule has 5 rings (SSSR count). The van der Waals surface area contributed by atoms with Gasteiger partial charge in [-0.15, -0.1) is 0 Å². The van der Waals surface area contributed by atoms with Crippen LogP contribution in [0.5, 0.6) is 0 Å². The van der Waals surface area contributed by atoms with Crippen molar-refractivity contribution in [3.63, 3.8) is 0 Å². The minimum atomic E-state index is -0.709. The predicted molar refractivity (Wildman–Crippen MR) is 169 cm³/mol. The van der Waals surface area contributed by atoms with E-state index in [0.717, 1.165) is 51.4 Å². The molecule has 1 saturated heterocycles. The molecule has 2 N–H and O–H groups in total. The van der Waals surface area contributed by atoms with Crippen LogP contribution in [0.25, 0.3) is 11.2 Å². The Labute approximate surface area is 266 Å². The van der Waals surface area contributed by atoms with Gasteiger partial charge in [-0.25, -0.2) is 4.98 Å². The highest BCUT2D eigenvalue weighted by Crippen LogP contribution is 2.38. The van der Waals surface area contributed by atoms with E-state index in [2.05, 4.69) is 28.8 Å². The summed E-state index contributed by atoms with van der Waals surface area (Å²) in [4.78, 5) is 39.8. The first-order chi connectivity index (χ1) is 21.3. The molecule has 2 aromatic heterocycles. The molecule has 44 heavy (non-hydrogen) atoms. The van der Waals surface area contributed by atoms with E-state index in [-0.39, 0.29) is 41.3 Å². The van der Waals surface area contributed by atoms with Gasteiger partial charge in [-0.3, -0.25) is 14.2 Å². The molecule has 1 aliphatic heterocycles. The predicted octanol–water partition coefficient (Wildman–Crippen LogP) is 7.19. The van der Waals surface area contributed by atoms with E-state index in [1.54, 1.807) is 10.9 Å². The van der Waals surface area contributed by atoms with Gasteiger partial charge in [-0.1, -0.05) is 52.4 Å². The fraction of sp³-hybridized carbons (Fsp3) is 0.788. The zero-order valence-electron chi connectivity index (χ0n) is 26.6. The molecule has 3 heterocycles. The Hall–Kier alpha value is -2.46. The number of carbonyl (C=O) groups excluding carboxylic acids is 2. The molecule has 0 spiro atoms. The third-order valence-electron chi connectivity index (χ3n) is 10.2. The SMILES string of the molecule is CCCCC1CCC(C(=O)OC2C(C)O[C@@H](n3cnc4c(N)nc(Cl)nc43)C[C@@H]2OC(=O)C2CCC(CCCC)CC2)CC1. The molecule has 2 saturated carbocycles. The minimum Gasteiger partial charge on any atom is -0.458 e. The summed E-state index contributed by atoms with van der Waals surface area (Å²) in [5.74, 6) is 0.866. The Kier molecular flexibility index (Phi) is 11.4. The van der Waals surface area contributed by atoms with Crippen LogP contribution < -0.4 is 5.73 Å². The maximum atomic E-state index is 13.6. The van der Waals surface area contributed by atoms with Crippen molar-refractivity contribution in [2.75, 3.05) is 5.73 Å². The fourth-order valence-corrected chi connectivity index (χ4v) is 7.61. The molecule has 244 valence electrons. The van der Waals surface area contributed by atoms with Crippen molar-refractivity contribution in [2.45, 2.75) is 142 Å². The summed E-state index contributed by atoms with van der Waals surface area (Å²) in [7, 11) is 0. The van der Waals surface area contributed by atoms with Crippen molar-refractivity contribution in [3.8, 4) is 0 Å². The highest BCUT2D eigenvalue weighted by atomic mass is 35.5. The van der Waals surface area contributed by atoms with Gasteiger partial charge in [-0.2, -0.15) is 9.97 Å². The number of nitrogen functional groups attached to an aromatic ring is 1. The van der Waals surface area contributed by atoms with E-state index in [1.165, 1.54) is 38.5 Å². The molecule has 3 fully saturated rings. The third-order valence-corrected chi connectivity index (χ3v) is 10.3. The number of unbranched alkanes of at least 4 members (excludes halogenated alkanes) is 2. The van der Waals surface area contributed by atoms with Crippen molar-refractivity contribution < 1.29 is 23.8 Å². The quantitative estimate of drug-likeness (QED) is 0.202. The number of hydrogen-bond acceptors (Lipinski definition) is 9. The lowest BCUT2D eigenvalue weighted by Gasteiger charge is -2.41. The first-order valence-corrected chi connectivity index (χ1v) is 17.4. The monoisotopic (exact) mass is 631 g/mol. The highest BCUT2D eigenvalue weighted by Gasteiger charge is 2.44. The highest BCUT2D eigenvalue weighted by molar-refractivity contribution is 6.28. The molecule has 0 amide bonds. The number of fused-ring (bicyclic) bond motifs is 1. The first-order valence-electron chi connectivity index (χ1n) is 17.0. The van der Waals surface area contributed by atoms with Gasteiger partial charge in [0, 0.05) is 6.42 Å². The first kappa shape index (κ1) is 32.9. The Bertz CT molecular complexity index is 1260. The summed E-state index contributed by atoms with van der Waals surface area (Å²) in [6.45, 7) is 6.30. The van der Waals surface area contributed by atoms with Crippen molar-refractivity contribution in [2.24, 2.45) is 23.7 Å². The van der Waals surface area contributed by atoms with Crippen LogP contribution in [-0.2, 0) is 23.8 Å². The van der Waals surface area contributed by atoms with Crippen LogP contribution in [0.4, 0.5) is 5.82 Å². The average Bonchev–Trinajstić information content (AvgIpc) is 3.45. The number of nitrogens with zero attached hydrogens (tertiary/aromatic N) is 4. The summed E-state index contributed by atoms with van der Waals surface area (Å²) >= 11 is 6.12. The van der Waals surface area contributed by atoms with Gasteiger partial charge in [-0.05, 0) is 81.7 Å². The van der Waals surface area contributed by atoms with Crippen LogP contribution in [0.15, 0.2) is 6.33 Å². The van der Waals surface area contributed by atoms with Gasteiger partial charge < -0.3 is 19.9 Å². The van der Waals surface area contributed by atoms with E-state index in [0.29, 0.717) is 23.0 Å². The van der Waals surface area contributed by atoms with Crippen molar-refractivity contribution >= 4 is 40.5 Å². The van der Waals surface area contributed by atoms with Crippen molar-refractivity contribution in [1.82, 2.24) is 19.5 Å². The lowest BCUT2D eigenvalue weighted by atomic mass is 9.79. The number of esters is 2. The van der Waals surface area contributed by atoms with Gasteiger partial charge in [0.25, 0.3) is 0 Å². The largest absolute Gasteiger partial charge is 0.458 e. The van der Waals surface area contributed by atoms with Gasteiger partial charge in [0.2, 0.25) is 5.28 Å². The van der Waals surface area contributed by atoms with E-state index in [9.17, 15) is 9.59 Å². The Morgan fingerprint density at radius 2 is 1.50 bits per heavy atom. The second kappa shape index (κ2) is 15.2. The Balaban J connectivity index is 1.29. The molecule has 11 heteroatoms. The number of anilines is 1. The average molecular weight is 632 g/mol. The lowest BCUT2D eigenvalue weighted by molar-refractivity contribution is -0.220. The molecule has 2 unspecified atom stereocenters. The smallest absolute Gasteiger partial charge is 0.309 e. The normalized spacial score (nSPS) is 31.1. The maximum absolute atomic E-state index is 13.6. The Morgan fingerprint density at radius 1 is 0.932 bits per heavy atom. The van der Waals surface area contributed by atoms with E-state index >= 15 is 0 Å². The maximum Gasteiger partial charge on any atom is 0.309 e. The van der Waals surface area contributed by atoms with Gasteiger partial charge in [0.15, 0.2) is 17.6 Å². The molecule has 10 nitrogen and oxygen atoms in total. The summed E-state index contributed by atoms with van der Waals surface area (Å²) in [5, 5.41) is 0.00865. The number of aromatic nitrogens is 4. The zero-order chi connectivity index (χ0) is 31.2. The standard InChI is InChI=1S/C33H50ClN5O5/c1-4-6-8-21-10-14-23(15-11-21)31(40)43-25-18-26(39-19-36-27-29(35)37-33(34)38-30(27)39)42-20(3)28(25)44-32(41)24-16-12-22(13-17-24)9-7-5-2/h19-26,28H,4-18H2,1-3H3,(H2,35,37,38)/t20?,21?,22?,23?,24?,25-,26+,28?/m0/s1. The molecule has 3 aliphatic rings. The molecule has 0 aromatic carbocycles. The number of carbonyl (C=O) groups is 2. The van der Waals surface area contributed by atoms with Crippen LogP contribution in [0, 0.1) is 23.7 Å². The zero-order valence-corrected chi connectivity index (χ0v) is 27.3. The van der Waals surface area contributed by atoms with E-state index < -0.39 is 24.5 Å². The summed E-state index contributed by atoms with van der Waals surface area (Å²) in [6.07, 6.45) is 14.3. The summed E-state index contributed by atoms with van der Waals surface area (Å²) in [6, 6.07) is 0. The van der Waals surface area contributed by atoms with Gasteiger partial charge in [0.05, 0.1) is 24.3 Å². The fourth-order valence-electron chi connectivity index (χ4n) is 7.44. The second-order valence-corrected chi connectivity index (χ2v) is 13.7. The molecule has 0 bridgehead atoms. The third kappa shape index (κ3) is 7.84. The summed E-state index contributed by atoms with van der Waals surface area (Å²) in [5.41, 5.74) is 6.89. The molecule has 4 atom stereocenters. The van der Waals surface area contributed by atoms with Crippen LogP contribution in [-0.4, -0.2) is 49.8 Å². The molecular weight excluding hydrogens is 582 g/mol. The molecule has 0 radical (unpaired) electrons. The summed E-state index contributed by atoms with van der Waals surface area (Å²) < 4.78 is 20.6. The van der Waals surface area contributed by atoms with Crippen molar-refractivity contribution in [3.05, 3.63) is 11.6 Å². The van der Waals surface area contributed by atoms with Crippen LogP contribution >= 0.6 is 11.6 Å².